The highest BCUT2D eigenvalue weighted by Crippen LogP contribution is 2.32. The third-order valence-electron chi connectivity index (χ3n) is 3.57. The third kappa shape index (κ3) is 3.36. The van der Waals surface area contributed by atoms with E-state index in [0.717, 1.165) is 23.5 Å². The first-order valence-corrected chi connectivity index (χ1v) is 6.89. The first kappa shape index (κ1) is 14.5. The molecule has 108 valence electrons. The van der Waals surface area contributed by atoms with Crippen molar-refractivity contribution in [3.8, 4) is 0 Å². The Balaban J connectivity index is 2.09. The molecule has 20 heavy (non-hydrogen) atoms. The zero-order valence-corrected chi connectivity index (χ0v) is 11.5. The van der Waals surface area contributed by atoms with Crippen molar-refractivity contribution < 1.29 is 19.5 Å². The number of nitrogens with zero attached hydrogens (tertiary/aromatic N) is 1. The van der Waals surface area contributed by atoms with Crippen LogP contribution in [0.1, 0.15) is 44.1 Å². The van der Waals surface area contributed by atoms with Gasteiger partial charge in [0.05, 0.1) is 12.3 Å². The molecule has 1 fully saturated rings. The van der Waals surface area contributed by atoms with E-state index >= 15 is 0 Å². The molecule has 0 bridgehead atoms. The van der Waals surface area contributed by atoms with Crippen LogP contribution in [-0.2, 0) is 9.63 Å². The molecule has 0 aromatic heterocycles. The summed E-state index contributed by atoms with van der Waals surface area (Å²) >= 11 is 0. The van der Waals surface area contributed by atoms with Gasteiger partial charge in [0.1, 0.15) is 5.78 Å². The van der Waals surface area contributed by atoms with Crippen LogP contribution in [0.3, 0.4) is 0 Å². The molecule has 2 rings (SSSR count). The normalized spacial score (nSPS) is 16.1. The van der Waals surface area contributed by atoms with E-state index in [1.807, 2.05) is 12.1 Å². The fourth-order valence-corrected chi connectivity index (χ4v) is 2.52. The third-order valence-corrected chi connectivity index (χ3v) is 3.57. The molecule has 0 saturated heterocycles. The summed E-state index contributed by atoms with van der Waals surface area (Å²) in [5, 5.41) is 9.94. The van der Waals surface area contributed by atoms with E-state index in [9.17, 15) is 9.59 Å². The van der Waals surface area contributed by atoms with Gasteiger partial charge in [-0.15, -0.1) is 0 Å². The number of carbonyl (C=O) groups excluding carboxylic acids is 1. The van der Waals surface area contributed by atoms with Gasteiger partial charge in [-0.05, 0) is 43.4 Å². The SMILES string of the molecule is CCON(C(=O)O)c1ccc(C2CCC(=O)CC2)cc1. The quantitative estimate of drug-likeness (QED) is 0.857. The van der Waals surface area contributed by atoms with Gasteiger partial charge in [0.2, 0.25) is 0 Å². The van der Waals surface area contributed by atoms with Crippen LogP contribution in [0.2, 0.25) is 0 Å². The van der Waals surface area contributed by atoms with Gasteiger partial charge < -0.3 is 5.11 Å². The molecule has 1 saturated carbocycles. The van der Waals surface area contributed by atoms with Crippen LogP contribution in [0.4, 0.5) is 10.5 Å². The first-order chi connectivity index (χ1) is 9.61. The summed E-state index contributed by atoms with van der Waals surface area (Å²) in [6, 6.07) is 7.33. The van der Waals surface area contributed by atoms with E-state index in [1.165, 1.54) is 0 Å². The molecule has 0 radical (unpaired) electrons. The zero-order chi connectivity index (χ0) is 14.5. The molecule has 0 heterocycles. The van der Waals surface area contributed by atoms with Crippen LogP contribution in [0, 0.1) is 0 Å². The maximum Gasteiger partial charge on any atom is 0.436 e. The molecular weight excluding hydrogens is 258 g/mol. The van der Waals surface area contributed by atoms with Gasteiger partial charge in [-0.3, -0.25) is 9.63 Å². The predicted molar refractivity (Wildman–Crippen MR) is 74.8 cm³/mol. The van der Waals surface area contributed by atoms with Crippen molar-refractivity contribution in [2.24, 2.45) is 0 Å². The molecule has 0 aliphatic heterocycles. The molecule has 0 spiro atoms. The topological polar surface area (TPSA) is 66.8 Å². The Morgan fingerprint density at radius 1 is 1.30 bits per heavy atom. The lowest BCUT2D eigenvalue weighted by Crippen LogP contribution is -2.29. The van der Waals surface area contributed by atoms with E-state index < -0.39 is 6.09 Å². The van der Waals surface area contributed by atoms with E-state index in [-0.39, 0.29) is 0 Å². The number of Topliss-reactive ketones (excluding diaryl/α,β-unsaturated/α-hetero) is 1. The van der Waals surface area contributed by atoms with Gasteiger partial charge in [-0.25, -0.2) is 4.79 Å². The maximum absolute atomic E-state index is 11.2. The number of ketones is 1. The van der Waals surface area contributed by atoms with Crippen molar-refractivity contribution >= 4 is 17.6 Å². The largest absolute Gasteiger partial charge is 0.463 e. The fraction of sp³-hybridized carbons (Fsp3) is 0.467. The summed E-state index contributed by atoms with van der Waals surface area (Å²) in [6.45, 7) is 2.03. The second-order valence-corrected chi connectivity index (χ2v) is 4.90. The minimum absolute atomic E-state index is 0.290. The molecule has 5 heteroatoms. The van der Waals surface area contributed by atoms with Gasteiger partial charge in [-0.1, -0.05) is 12.1 Å². The summed E-state index contributed by atoms with van der Waals surface area (Å²) in [4.78, 5) is 27.4. The average Bonchev–Trinajstić information content (AvgIpc) is 2.45. The second kappa shape index (κ2) is 6.52. The van der Waals surface area contributed by atoms with Gasteiger partial charge in [-0.2, -0.15) is 5.06 Å². The lowest BCUT2D eigenvalue weighted by Gasteiger charge is -2.22. The fourth-order valence-electron chi connectivity index (χ4n) is 2.52. The molecule has 0 atom stereocenters. The summed E-state index contributed by atoms with van der Waals surface area (Å²) in [5.41, 5.74) is 1.65. The van der Waals surface area contributed by atoms with E-state index in [2.05, 4.69) is 0 Å². The number of carboxylic acid groups (broad SMARTS) is 1. The number of rotatable bonds is 4. The maximum atomic E-state index is 11.2. The van der Waals surface area contributed by atoms with Crippen LogP contribution in [0.5, 0.6) is 0 Å². The lowest BCUT2D eigenvalue weighted by atomic mass is 9.83. The highest BCUT2D eigenvalue weighted by atomic mass is 16.7. The highest BCUT2D eigenvalue weighted by Gasteiger charge is 2.21. The molecule has 1 aromatic carbocycles. The van der Waals surface area contributed by atoms with Crippen molar-refractivity contribution in [3.63, 3.8) is 0 Å². The molecular formula is C15H19NO4. The Bertz CT molecular complexity index is 473. The number of carbonyl (C=O) groups is 2. The van der Waals surface area contributed by atoms with Crippen LogP contribution < -0.4 is 5.06 Å². The van der Waals surface area contributed by atoms with Gasteiger partial charge in [0, 0.05) is 12.8 Å². The Morgan fingerprint density at radius 3 is 2.40 bits per heavy atom. The van der Waals surface area contributed by atoms with Gasteiger partial charge in [0.25, 0.3) is 0 Å². The number of amides is 1. The zero-order valence-electron chi connectivity index (χ0n) is 11.5. The Morgan fingerprint density at radius 2 is 1.90 bits per heavy atom. The molecule has 5 nitrogen and oxygen atoms in total. The molecule has 1 aliphatic carbocycles. The van der Waals surface area contributed by atoms with Gasteiger partial charge >= 0.3 is 6.09 Å². The minimum Gasteiger partial charge on any atom is -0.463 e. The first-order valence-electron chi connectivity index (χ1n) is 6.89. The van der Waals surface area contributed by atoms with Crippen molar-refractivity contribution in [3.05, 3.63) is 29.8 Å². The molecule has 0 unspecified atom stereocenters. The van der Waals surface area contributed by atoms with Crippen molar-refractivity contribution in [2.45, 2.75) is 38.5 Å². The standard InChI is InChI=1S/C15H19NO4/c1-2-20-16(15(18)19)13-7-3-11(4-8-13)12-5-9-14(17)10-6-12/h3-4,7-8,12H,2,5-6,9-10H2,1H3,(H,18,19). The van der Waals surface area contributed by atoms with E-state index in [0.29, 0.717) is 36.8 Å². The van der Waals surface area contributed by atoms with Crippen LogP contribution >= 0.6 is 0 Å². The Hall–Kier alpha value is -1.88. The summed E-state index contributed by atoms with van der Waals surface area (Å²) in [7, 11) is 0. The Labute approximate surface area is 118 Å². The van der Waals surface area contributed by atoms with E-state index in [4.69, 9.17) is 9.94 Å². The highest BCUT2D eigenvalue weighted by molar-refractivity contribution is 5.83. The summed E-state index contributed by atoms with van der Waals surface area (Å²) < 4.78 is 0. The van der Waals surface area contributed by atoms with E-state index in [1.54, 1.807) is 19.1 Å². The number of hydrogen-bond donors (Lipinski definition) is 1. The summed E-state index contributed by atoms with van der Waals surface area (Å²) in [5.74, 6) is 0.735. The average molecular weight is 277 g/mol. The summed E-state index contributed by atoms with van der Waals surface area (Å²) in [6.07, 6.45) is 1.92. The second-order valence-electron chi connectivity index (χ2n) is 4.90. The van der Waals surface area contributed by atoms with Crippen LogP contribution in [-0.4, -0.2) is 23.6 Å². The van der Waals surface area contributed by atoms with Gasteiger partial charge in [0.15, 0.2) is 0 Å². The number of benzene rings is 1. The van der Waals surface area contributed by atoms with Crippen LogP contribution in [0.25, 0.3) is 0 Å². The molecule has 1 amide bonds. The molecule has 1 aromatic rings. The monoisotopic (exact) mass is 277 g/mol. The number of anilines is 1. The smallest absolute Gasteiger partial charge is 0.436 e. The minimum atomic E-state index is -1.14. The Kier molecular flexibility index (Phi) is 4.74. The van der Waals surface area contributed by atoms with Crippen molar-refractivity contribution in [1.82, 2.24) is 0 Å². The van der Waals surface area contributed by atoms with Crippen molar-refractivity contribution in [2.75, 3.05) is 11.7 Å². The molecule has 1 aliphatic rings. The predicted octanol–water partition coefficient (Wildman–Crippen LogP) is 3.35. The molecule has 1 N–H and O–H groups in total. The van der Waals surface area contributed by atoms with Crippen LogP contribution in [0.15, 0.2) is 24.3 Å². The number of hydrogen-bond acceptors (Lipinski definition) is 3. The lowest BCUT2D eigenvalue weighted by molar-refractivity contribution is -0.120. The number of hydroxylamine groups is 1. The van der Waals surface area contributed by atoms with Crippen molar-refractivity contribution in [1.29, 1.82) is 0 Å².